The lowest BCUT2D eigenvalue weighted by Crippen LogP contribution is -2.67. The normalized spacial score (nSPS) is 24.6. The molecule has 2 saturated heterocycles. The van der Waals surface area contributed by atoms with E-state index < -0.39 is 128 Å². The summed E-state index contributed by atoms with van der Waals surface area (Å²) in [7, 11) is 2.58. The molecular formula is C43H48O24. The summed E-state index contributed by atoms with van der Waals surface area (Å²) in [6.07, 6.45) is -17.4. The smallest absolute Gasteiger partial charge is 0.303 e. The molecule has 24 nitrogen and oxygen atoms in total. The molecule has 2 aliphatic rings. The van der Waals surface area contributed by atoms with Gasteiger partial charge in [0.25, 0.3) is 0 Å². The molecular weight excluding hydrogens is 900 g/mol. The molecule has 2 fully saturated rings. The van der Waals surface area contributed by atoms with Crippen LogP contribution in [0.3, 0.4) is 0 Å². The molecule has 0 radical (unpaired) electrons. The van der Waals surface area contributed by atoms with Crippen LogP contribution in [0.1, 0.15) is 48.5 Å². The van der Waals surface area contributed by atoms with Crippen LogP contribution in [0.15, 0.2) is 39.5 Å². The Labute approximate surface area is 380 Å². The van der Waals surface area contributed by atoms with Gasteiger partial charge in [0, 0.05) is 72.2 Å². The number of aromatic hydroxyl groups is 2. The number of methoxy groups -OCH3 is 2. The molecule has 0 bridgehead atoms. The highest BCUT2D eigenvalue weighted by molar-refractivity contribution is 5.86. The number of carbonyl (C=O) groups is 7. The van der Waals surface area contributed by atoms with E-state index in [1.54, 1.807) is 0 Å². The summed E-state index contributed by atoms with van der Waals surface area (Å²) in [5, 5.41) is 21.3. The van der Waals surface area contributed by atoms with Gasteiger partial charge in [0.05, 0.1) is 14.2 Å². The van der Waals surface area contributed by atoms with Gasteiger partial charge in [-0.1, -0.05) is 0 Å². The number of hydrogen-bond donors (Lipinski definition) is 2. The van der Waals surface area contributed by atoms with Gasteiger partial charge in [0.2, 0.25) is 18.1 Å². The van der Waals surface area contributed by atoms with Crippen LogP contribution in [0, 0.1) is 0 Å². The summed E-state index contributed by atoms with van der Waals surface area (Å²) in [5.74, 6) is -7.86. The van der Waals surface area contributed by atoms with Gasteiger partial charge in [-0.25, -0.2) is 0 Å². The zero-order valence-corrected chi connectivity index (χ0v) is 37.5. The number of phenolic OH excluding ortho intramolecular Hbond substituents is 2. The number of rotatable bonds is 16. The molecule has 0 saturated carbocycles. The minimum absolute atomic E-state index is 0.0231. The van der Waals surface area contributed by atoms with Crippen LogP contribution in [0.4, 0.5) is 0 Å². The fourth-order valence-corrected chi connectivity index (χ4v) is 7.19. The van der Waals surface area contributed by atoms with Crippen molar-refractivity contribution in [3.63, 3.8) is 0 Å². The summed E-state index contributed by atoms with van der Waals surface area (Å²) in [4.78, 5) is 101. The minimum Gasteiger partial charge on any atom is -0.507 e. The van der Waals surface area contributed by atoms with Gasteiger partial charge in [-0.3, -0.25) is 38.4 Å². The summed E-state index contributed by atoms with van der Waals surface area (Å²) in [6, 6.07) is 5.97. The third-order valence-corrected chi connectivity index (χ3v) is 9.69. The van der Waals surface area contributed by atoms with Crippen molar-refractivity contribution < 1.29 is 110 Å². The van der Waals surface area contributed by atoms with Crippen LogP contribution < -0.4 is 19.6 Å². The number of benzene rings is 2. The molecule has 0 aliphatic carbocycles. The summed E-state index contributed by atoms with van der Waals surface area (Å²) in [5.41, 5.74) is -0.750. The summed E-state index contributed by atoms with van der Waals surface area (Å²) < 4.78 is 79.5. The van der Waals surface area contributed by atoms with Crippen LogP contribution in [-0.4, -0.2) is 141 Å². The standard InChI is InChI=1S/C43H48O24/c1-17(44)56-15-32-36(58-19(3)46)38(59-20(4)47)41(62-23(7)50)43(66-32)67-37-33(16-57-18(2)45)65-42(40(61-22(6)49)39(37)60-21(5)48)63-25-12-26(51)34-27(52)14-28(64-29(34)13-25)24-10-30(54-8)35(53)31(11-24)55-9/h10-14,32-33,36-43,51,53H,15-16H2,1-9H3/t32-,33-,36-,37-,38+,39+,40-,41-,42-,43-/m1/s1. The molecule has 3 heterocycles. The maximum Gasteiger partial charge on any atom is 0.303 e. The van der Waals surface area contributed by atoms with Gasteiger partial charge >= 0.3 is 41.8 Å². The van der Waals surface area contributed by atoms with Gasteiger partial charge in [0.15, 0.2) is 47.6 Å². The van der Waals surface area contributed by atoms with E-state index in [1.807, 2.05) is 0 Å². The van der Waals surface area contributed by atoms with Crippen molar-refractivity contribution in [2.45, 2.75) is 110 Å². The van der Waals surface area contributed by atoms with Crippen LogP contribution in [-0.2, 0) is 80.9 Å². The van der Waals surface area contributed by atoms with Gasteiger partial charge in [-0.2, -0.15) is 0 Å². The highest BCUT2D eigenvalue weighted by atomic mass is 16.8. The fraction of sp³-hybridized carbons (Fsp3) is 0.488. The van der Waals surface area contributed by atoms with E-state index in [0.29, 0.717) is 0 Å². The zero-order valence-electron chi connectivity index (χ0n) is 37.5. The Hall–Kier alpha value is -7.18. The first-order valence-electron chi connectivity index (χ1n) is 20.1. The highest BCUT2D eigenvalue weighted by Crippen LogP contribution is 2.42. The van der Waals surface area contributed by atoms with Gasteiger partial charge < -0.3 is 76.2 Å². The second-order valence-corrected chi connectivity index (χ2v) is 14.8. The lowest BCUT2D eigenvalue weighted by atomic mass is 9.96. The molecule has 0 spiro atoms. The molecule has 10 atom stereocenters. The van der Waals surface area contributed by atoms with Crippen LogP contribution in [0.2, 0.25) is 0 Å². The molecule has 5 rings (SSSR count). The molecule has 2 aliphatic heterocycles. The van der Waals surface area contributed by atoms with E-state index in [-0.39, 0.29) is 45.3 Å². The van der Waals surface area contributed by atoms with Crippen molar-refractivity contribution in [2.24, 2.45) is 0 Å². The predicted molar refractivity (Wildman–Crippen MR) is 218 cm³/mol. The highest BCUT2D eigenvalue weighted by Gasteiger charge is 2.58. The molecule has 0 unspecified atom stereocenters. The number of ether oxygens (including phenoxy) is 13. The third-order valence-electron chi connectivity index (χ3n) is 9.69. The largest absolute Gasteiger partial charge is 0.507 e. The first-order valence-corrected chi connectivity index (χ1v) is 20.1. The molecule has 364 valence electrons. The number of fused-ring (bicyclic) bond motifs is 1. The van der Waals surface area contributed by atoms with Crippen molar-refractivity contribution in [3.05, 3.63) is 40.6 Å². The third kappa shape index (κ3) is 12.6. The van der Waals surface area contributed by atoms with E-state index in [9.17, 15) is 48.6 Å². The van der Waals surface area contributed by atoms with Crippen molar-refractivity contribution in [1.82, 2.24) is 0 Å². The lowest BCUT2D eigenvalue weighted by Gasteiger charge is -2.48. The summed E-state index contributed by atoms with van der Waals surface area (Å²) in [6.45, 7) is 5.76. The average Bonchev–Trinajstić information content (AvgIpc) is 3.22. The van der Waals surface area contributed by atoms with E-state index >= 15 is 0 Å². The van der Waals surface area contributed by atoms with E-state index in [1.165, 1.54) is 32.4 Å². The molecule has 3 aromatic rings. The number of phenols is 2. The Morgan fingerprint density at radius 3 is 1.49 bits per heavy atom. The maximum atomic E-state index is 13.4. The lowest BCUT2D eigenvalue weighted by molar-refractivity contribution is -0.354. The average molecular weight is 949 g/mol. The molecule has 2 N–H and O–H groups in total. The molecule has 1 aromatic heterocycles. The second-order valence-electron chi connectivity index (χ2n) is 14.8. The van der Waals surface area contributed by atoms with Crippen LogP contribution in [0.5, 0.6) is 28.7 Å². The SMILES string of the molecule is COc1cc(-c2cc(=O)c3c(O)cc(O[C@@H]4O[C@H](COC(C)=O)[C@@H](O[C@H]5O[C@H](COC(C)=O)[C@@H](OC(C)=O)[C@H](OC(C)=O)[C@H]5OC(C)=O)[C@H](OC(C)=O)[C@H]4OC(C)=O)cc3o2)cc(OC)c1O. The topological polar surface area (TPSA) is 310 Å². The monoisotopic (exact) mass is 948 g/mol. The fourth-order valence-electron chi connectivity index (χ4n) is 7.19. The summed E-state index contributed by atoms with van der Waals surface area (Å²) >= 11 is 0. The van der Waals surface area contributed by atoms with Gasteiger partial charge in [0.1, 0.15) is 59.8 Å². The number of hydrogen-bond acceptors (Lipinski definition) is 24. The Morgan fingerprint density at radius 2 is 1.00 bits per heavy atom. The first-order chi connectivity index (χ1) is 31.6. The van der Waals surface area contributed by atoms with Crippen molar-refractivity contribution in [2.75, 3.05) is 27.4 Å². The number of esters is 7. The van der Waals surface area contributed by atoms with E-state index in [2.05, 4.69) is 0 Å². The Kier molecular flexibility index (Phi) is 16.6. The zero-order chi connectivity index (χ0) is 49.4. The van der Waals surface area contributed by atoms with Crippen molar-refractivity contribution in [3.8, 4) is 40.1 Å². The van der Waals surface area contributed by atoms with Crippen molar-refractivity contribution >= 4 is 52.8 Å². The quantitative estimate of drug-likeness (QED) is 0.153. The molecule has 0 amide bonds. The van der Waals surface area contributed by atoms with E-state index in [0.717, 1.165) is 60.6 Å². The Balaban J connectivity index is 1.62. The van der Waals surface area contributed by atoms with Crippen LogP contribution >= 0.6 is 0 Å². The maximum absolute atomic E-state index is 13.4. The van der Waals surface area contributed by atoms with Crippen LogP contribution in [0.25, 0.3) is 22.3 Å². The molecule has 24 heteroatoms. The number of carbonyl (C=O) groups excluding carboxylic acids is 7. The second kappa shape index (κ2) is 21.9. The predicted octanol–water partition coefficient (Wildman–Crippen LogP) is 1.89. The Bertz CT molecular complexity index is 2400. The molecule has 2 aromatic carbocycles. The molecule has 67 heavy (non-hydrogen) atoms. The first kappa shape index (κ1) is 50.8. The minimum atomic E-state index is -1.93. The van der Waals surface area contributed by atoms with Gasteiger partial charge in [-0.05, 0) is 12.1 Å². The van der Waals surface area contributed by atoms with Gasteiger partial charge in [-0.15, -0.1) is 0 Å². The Morgan fingerprint density at radius 1 is 0.552 bits per heavy atom. The van der Waals surface area contributed by atoms with Crippen molar-refractivity contribution in [1.29, 1.82) is 0 Å². The van der Waals surface area contributed by atoms with E-state index in [4.69, 9.17) is 66.0 Å².